The fourth-order valence-electron chi connectivity index (χ4n) is 1.88. The van der Waals surface area contributed by atoms with Gasteiger partial charge in [0.05, 0.1) is 6.04 Å². The minimum absolute atomic E-state index is 0.0223. The van der Waals surface area contributed by atoms with Gasteiger partial charge in [0, 0.05) is 6.04 Å². The molecule has 0 aliphatic heterocycles. The Morgan fingerprint density at radius 2 is 2.08 bits per heavy atom. The molecule has 1 aliphatic carbocycles. The number of amides is 1. The van der Waals surface area contributed by atoms with E-state index in [1.165, 1.54) is 6.42 Å². The van der Waals surface area contributed by atoms with Crippen molar-refractivity contribution in [3.05, 3.63) is 0 Å². The molecule has 3 nitrogen and oxygen atoms in total. The van der Waals surface area contributed by atoms with E-state index in [-0.39, 0.29) is 11.9 Å². The largest absolute Gasteiger partial charge is 0.352 e. The van der Waals surface area contributed by atoms with Gasteiger partial charge in [0.1, 0.15) is 0 Å². The van der Waals surface area contributed by atoms with Crippen molar-refractivity contribution in [2.24, 2.45) is 17.6 Å². The number of hydrogen-bond acceptors (Lipinski definition) is 2. The first-order chi connectivity index (χ1) is 6.02. The number of nitrogens with one attached hydrogen (secondary N) is 1. The third-order valence-electron chi connectivity index (χ3n) is 3.21. The predicted octanol–water partition coefficient (Wildman–Crippen LogP) is 0.884. The van der Waals surface area contributed by atoms with Gasteiger partial charge in [-0.05, 0) is 31.6 Å². The summed E-state index contributed by atoms with van der Waals surface area (Å²) >= 11 is 0. The van der Waals surface area contributed by atoms with E-state index in [9.17, 15) is 4.79 Å². The minimum Gasteiger partial charge on any atom is -0.352 e. The second-order valence-electron chi connectivity index (χ2n) is 4.32. The van der Waals surface area contributed by atoms with E-state index < -0.39 is 0 Å². The first-order valence-corrected chi connectivity index (χ1v) is 5.08. The first-order valence-electron chi connectivity index (χ1n) is 5.08. The topological polar surface area (TPSA) is 55.1 Å². The molecule has 1 rings (SSSR count). The zero-order valence-corrected chi connectivity index (χ0v) is 8.71. The Kier molecular flexibility index (Phi) is 3.31. The second-order valence-corrected chi connectivity index (χ2v) is 4.32. The molecule has 13 heavy (non-hydrogen) atoms. The molecule has 1 aliphatic rings. The van der Waals surface area contributed by atoms with Crippen LogP contribution in [0, 0.1) is 11.8 Å². The van der Waals surface area contributed by atoms with Crippen molar-refractivity contribution in [3.8, 4) is 0 Å². The Bertz CT molecular complexity index is 191. The van der Waals surface area contributed by atoms with Crippen LogP contribution in [0.1, 0.15) is 33.6 Å². The summed E-state index contributed by atoms with van der Waals surface area (Å²) in [5.74, 6) is 1.28. The highest BCUT2D eigenvalue weighted by Crippen LogP contribution is 2.30. The van der Waals surface area contributed by atoms with E-state index in [2.05, 4.69) is 19.2 Å². The molecule has 1 amide bonds. The lowest BCUT2D eigenvalue weighted by Gasteiger charge is -2.20. The molecule has 3 N–H and O–H groups in total. The zero-order valence-electron chi connectivity index (χ0n) is 8.71. The maximum atomic E-state index is 11.3. The molecule has 3 unspecified atom stereocenters. The number of carbonyl (C=O) groups excluding carboxylic acids is 1. The van der Waals surface area contributed by atoms with Crippen molar-refractivity contribution in [3.63, 3.8) is 0 Å². The summed E-state index contributed by atoms with van der Waals surface area (Å²) in [6.07, 6.45) is 2.31. The van der Waals surface area contributed by atoms with Gasteiger partial charge in [-0.15, -0.1) is 0 Å². The van der Waals surface area contributed by atoms with Crippen LogP contribution in [-0.4, -0.2) is 18.0 Å². The lowest BCUT2D eigenvalue weighted by molar-refractivity contribution is -0.122. The third kappa shape index (κ3) is 2.44. The smallest absolute Gasteiger partial charge is 0.236 e. The van der Waals surface area contributed by atoms with Crippen LogP contribution in [-0.2, 0) is 4.79 Å². The number of carbonyl (C=O) groups is 1. The molecule has 0 radical (unpaired) electrons. The van der Waals surface area contributed by atoms with Gasteiger partial charge in [-0.2, -0.15) is 0 Å². The molecule has 0 aromatic heterocycles. The molecule has 0 aromatic carbocycles. The third-order valence-corrected chi connectivity index (χ3v) is 3.21. The molecule has 0 saturated heterocycles. The van der Waals surface area contributed by atoms with Gasteiger partial charge in [0.25, 0.3) is 0 Å². The molecule has 1 fully saturated rings. The summed E-state index contributed by atoms with van der Waals surface area (Å²) in [6, 6.07) is -0.0448. The van der Waals surface area contributed by atoms with Gasteiger partial charge in [-0.3, -0.25) is 4.79 Å². The molecule has 0 heterocycles. The van der Waals surface area contributed by atoms with E-state index in [0.29, 0.717) is 12.0 Å². The average molecular weight is 184 g/mol. The minimum atomic E-state index is -0.386. The Morgan fingerprint density at radius 3 is 2.46 bits per heavy atom. The van der Waals surface area contributed by atoms with Crippen LogP contribution in [0.3, 0.4) is 0 Å². The van der Waals surface area contributed by atoms with E-state index in [0.717, 1.165) is 12.3 Å². The van der Waals surface area contributed by atoms with Crippen LogP contribution >= 0.6 is 0 Å². The Labute approximate surface area is 80.1 Å². The SMILES string of the molecule is CC1CCC(NC(=O)[C@H](C)N)C1C. The first kappa shape index (κ1) is 10.5. The predicted molar refractivity (Wildman–Crippen MR) is 53.1 cm³/mol. The summed E-state index contributed by atoms with van der Waals surface area (Å²) in [7, 11) is 0. The zero-order chi connectivity index (χ0) is 10.0. The van der Waals surface area contributed by atoms with Crippen molar-refractivity contribution in [1.82, 2.24) is 5.32 Å². The molecule has 4 atom stereocenters. The highest BCUT2D eigenvalue weighted by molar-refractivity contribution is 5.81. The molecular formula is C10H20N2O. The van der Waals surface area contributed by atoms with Crippen LogP contribution in [0.5, 0.6) is 0 Å². The van der Waals surface area contributed by atoms with Crippen molar-refractivity contribution in [2.75, 3.05) is 0 Å². The molecule has 3 heteroatoms. The summed E-state index contributed by atoms with van der Waals surface area (Å²) in [5, 5.41) is 2.99. The van der Waals surface area contributed by atoms with Gasteiger partial charge in [0.15, 0.2) is 0 Å². The molecule has 76 valence electrons. The number of hydrogen-bond donors (Lipinski definition) is 2. The Morgan fingerprint density at radius 1 is 1.46 bits per heavy atom. The summed E-state index contributed by atoms with van der Waals surface area (Å²) < 4.78 is 0. The van der Waals surface area contributed by atoms with Gasteiger partial charge in [0.2, 0.25) is 5.91 Å². The molecule has 0 bridgehead atoms. The highest BCUT2D eigenvalue weighted by Gasteiger charge is 2.30. The van der Waals surface area contributed by atoms with E-state index in [1.54, 1.807) is 6.92 Å². The quantitative estimate of drug-likeness (QED) is 0.669. The second kappa shape index (κ2) is 4.09. The van der Waals surface area contributed by atoms with Gasteiger partial charge < -0.3 is 11.1 Å². The number of rotatable bonds is 2. The van der Waals surface area contributed by atoms with Crippen molar-refractivity contribution in [2.45, 2.75) is 45.7 Å². The molecule has 0 aromatic rings. The van der Waals surface area contributed by atoms with Crippen LogP contribution < -0.4 is 11.1 Å². The molecular weight excluding hydrogens is 164 g/mol. The average Bonchev–Trinajstić information content (AvgIpc) is 2.36. The van der Waals surface area contributed by atoms with E-state index >= 15 is 0 Å². The van der Waals surface area contributed by atoms with E-state index in [1.807, 2.05) is 0 Å². The van der Waals surface area contributed by atoms with Gasteiger partial charge >= 0.3 is 0 Å². The lowest BCUT2D eigenvalue weighted by Crippen LogP contribution is -2.45. The molecule has 0 spiro atoms. The fraction of sp³-hybridized carbons (Fsp3) is 0.900. The lowest BCUT2D eigenvalue weighted by atomic mass is 9.98. The summed E-state index contributed by atoms with van der Waals surface area (Å²) in [4.78, 5) is 11.3. The Hall–Kier alpha value is -0.570. The maximum absolute atomic E-state index is 11.3. The van der Waals surface area contributed by atoms with Crippen molar-refractivity contribution in [1.29, 1.82) is 0 Å². The highest BCUT2D eigenvalue weighted by atomic mass is 16.2. The van der Waals surface area contributed by atoms with Crippen LogP contribution in [0.15, 0.2) is 0 Å². The Balaban J connectivity index is 2.42. The fourth-order valence-corrected chi connectivity index (χ4v) is 1.88. The normalized spacial score (nSPS) is 35.8. The van der Waals surface area contributed by atoms with Gasteiger partial charge in [-0.1, -0.05) is 13.8 Å². The van der Waals surface area contributed by atoms with Gasteiger partial charge in [-0.25, -0.2) is 0 Å². The van der Waals surface area contributed by atoms with E-state index in [4.69, 9.17) is 5.73 Å². The number of nitrogens with two attached hydrogens (primary N) is 1. The van der Waals surface area contributed by atoms with Crippen molar-refractivity contribution >= 4 is 5.91 Å². The standard InChI is InChI=1S/C10H20N2O/c1-6-4-5-9(7(6)2)12-10(13)8(3)11/h6-9H,4-5,11H2,1-3H3,(H,12,13)/t6?,7?,8-,9?/m0/s1. The summed E-state index contributed by atoms with van der Waals surface area (Å²) in [6.45, 7) is 6.16. The maximum Gasteiger partial charge on any atom is 0.236 e. The van der Waals surface area contributed by atoms with Crippen LogP contribution in [0.4, 0.5) is 0 Å². The van der Waals surface area contributed by atoms with Crippen molar-refractivity contribution < 1.29 is 4.79 Å². The monoisotopic (exact) mass is 184 g/mol. The van der Waals surface area contributed by atoms with Crippen LogP contribution in [0.25, 0.3) is 0 Å². The molecule has 1 saturated carbocycles. The van der Waals surface area contributed by atoms with Crippen LogP contribution in [0.2, 0.25) is 0 Å². The summed E-state index contributed by atoms with van der Waals surface area (Å²) in [5.41, 5.74) is 5.48.